The standard InChI is InChI=1S/C12H7Cl2N5/c13-7-4-16-5-8-10(7)11(15)19-12(18-8)6-1-2-17-9(14)3-6/h1-5H,(H2,15,18,19). The third kappa shape index (κ3) is 2.18. The summed E-state index contributed by atoms with van der Waals surface area (Å²) in [6.07, 6.45) is 4.68. The van der Waals surface area contributed by atoms with Gasteiger partial charge in [0.25, 0.3) is 0 Å². The normalized spacial score (nSPS) is 10.8. The Morgan fingerprint density at radius 1 is 1.11 bits per heavy atom. The summed E-state index contributed by atoms with van der Waals surface area (Å²) < 4.78 is 0. The molecule has 0 bridgehead atoms. The smallest absolute Gasteiger partial charge is 0.162 e. The largest absolute Gasteiger partial charge is 0.383 e. The molecule has 0 aliphatic carbocycles. The topological polar surface area (TPSA) is 77.6 Å². The third-order valence-electron chi connectivity index (χ3n) is 2.57. The van der Waals surface area contributed by atoms with Gasteiger partial charge in [0.1, 0.15) is 11.0 Å². The molecule has 94 valence electrons. The predicted octanol–water partition coefficient (Wildman–Crippen LogP) is 2.98. The Bertz CT molecular complexity index is 775. The predicted molar refractivity (Wildman–Crippen MR) is 75.0 cm³/mol. The molecule has 0 unspecified atom stereocenters. The molecule has 0 fully saturated rings. The van der Waals surface area contributed by atoms with Crippen LogP contribution in [0.5, 0.6) is 0 Å². The Kier molecular flexibility index (Phi) is 2.93. The monoisotopic (exact) mass is 291 g/mol. The zero-order valence-corrected chi connectivity index (χ0v) is 11.0. The average molecular weight is 292 g/mol. The lowest BCUT2D eigenvalue weighted by molar-refractivity contribution is 1.20. The molecule has 3 aromatic rings. The minimum atomic E-state index is 0.306. The van der Waals surface area contributed by atoms with Gasteiger partial charge in [-0.15, -0.1) is 0 Å². The van der Waals surface area contributed by atoms with E-state index in [0.29, 0.717) is 32.7 Å². The van der Waals surface area contributed by atoms with Gasteiger partial charge in [-0.25, -0.2) is 15.0 Å². The zero-order chi connectivity index (χ0) is 13.4. The first-order valence-electron chi connectivity index (χ1n) is 5.34. The van der Waals surface area contributed by atoms with Gasteiger partial charge < -0.3 is 5.73 Å². The number of hydrogen-bond acceptors (Lipinski definition) is 5. The van der Waals surface area contributed by atoms with E-state index in [1.165, 1.54) is 6.20 Å². The number of rotatable bonds is 1. The van der Waals surface area contributed by atoms with Crippen LogP contribution in [0.15, 0.2) is 30.7 Å². The Labute approximate surface area is 118 Å². The van der Waals surface area contributed by atoms with Crippen LogP contribution in [-0.4, -0.2) is 19.9 Å². The van der Waals surface area contributed by atoms with Crippen molar-refractivity contribution in [1.29, 1.82) is 0 Å². The van der Waals surface area contributed by atoms with E-state index in [2.05, 4.69) is 19.9 Å². The van der Waals surface area contributed by atoms with E-state index in [4.69, 9.17) is 28.9 Å². The molecule has 0 aromatic carbocycles. The molecular formula is C12H7Cl2N5. The molecule has 0 saturated heterocycles. The number of pyridine rings is 2. The number of fused-ring (bicyclic) bond motifs is 1. The Morgan fingerprint density at radius 3 is 2.74 bits per heavy atom. The molecule has 0 spiro atoms. The van der Waals surface area contributed by atoms with E-state index in [1.54, 1.807) is 24.5 Å². The van der Waals surface area contributed by atoms with Gasteiger partial charge in [-0.2, -0.15) is 0 Å². The van der Waals surface area contributed by atoms with Gasteiger partial charge in [-0.1, -0.05) is 23.2 Å². The fourth-order valence-electron chi connectivity index (χ4n) is 1.74. The second kappa shape index (κ2) is 4.60. The van der Waals surface area contributed by atoms with Crippen molar-refractivity contribution in [3.8, 4) is 11.4 Å². The van der Waals surface area contributed by atoms with Crippen LogP contribution in [0.25, 0.3) is 22.3 Å². The zero-order valence-electron chi connectivity index (χ0n) is 9.51. The van der Waals surface area contributed by atoms with Crippen LogP contribution in [0.1, 0.15) is 0 Å². The molecule has 0 radical (unpaired) electrons. The number of aromatic nitrogens is 4. The minimum absolute atomic E-state index is 0.306. The molecule has 3 heterocycles. The first-order chi connectivity index (χ1) is 9.15. The van der Waals surface area contributed by atoms with Crippen molar-refractivity contribution in [1.82, 2.24) is 19.9 Å². The Hall–Kier alpha value is -1.98. The van der Waals surface area contributed by atoms with E-state index in [9.17, 15) is 0 Å². The van der Waals surface area contributed by atoms with Crippen molar-refractivity contribution in [2.75, 3.05) is 5.73 Å². The van der Waals surface area contributed by atoms with Gasteiger partial charge in [-0.3, -0.25) is 4.98 Å². The van der Waals surface area contributed by atoms with Crippen molar-refractivity contribution < 1.29 is 0 Å². The SMILES string of the molecule is Nc1nc(-c2ccnc(Cl)c2)nc2cncc(Cl)c12. The quantitative estimate of drug-likeness (QED) is 0.698. The number of halogens is 2. The molecule has 3 rings (SSSR count). The highest BCUT2D eigenvalue weighted by atomic mass is 35.5. The van der Waals surface area contributed by atoms with Crippen LogP contribution in [0.2, 0.25) is 10.2 Å². The molecule has 0 saturated carbocycles. The molecule has 0 aliphatic heterocycles. The second-order valence-electron chi connectivity index (χ2n) is 3.82. The molecule has 0 aliphatic rings. The van der Waals surface area contributed by atoms with E-state index in [0.717, 1.165) is 5.56 Å². The molecular weight excluding hydrogens is 285 g/mol. The van der Waals surface area contributed by atoms with Crippen molar-refractivity contribution in [2.24, 2.45) is 0 Å². The summed E-state index contributed by atoms with van der Waals surface area (Å²) in [5.74, 6) is 0.763. The molecule has 3 aromatic heterocycles. The summed E-state index contributed by atoms with van der Waals surface area (Å²) in [6.45, 7) is 0. The Morgan fingerprint density at radius 2 is 1.95 bits per heavy atom. The second-order valence-corrected chi connectivity index (χ2v) is 4.61. The number of anilines is 1. The molecule has 7 heteroatoms. The van der Waals surface area contributed by atoms with Crippen LogP contribution in [0, 0.1) is 0 Å². The van der Waals surface area contributed by atoms with Gasteiger partial charge >= 0.3 is 0 Å². The fourth-order valence-corrected chi connectivity index (χ4v) is 2.17. The average Bonchev–Trinajstić information content (AvgIpc) is 2.38. The lowest BCUT2D eigenvalue weighted by atomic mass is 10.2. The summed E-state index contributed by atoms with van der Waals surface area (Å²) in [5, 5.41) is 1.39. The van der Waals surface area contributed by atoms with Gasteiger partial charge in [0.2, 0.25) is 0 Å². The number of nitrogen functional groups attached to an aromatic ring is 1. The lowest BCUT2D eigenvalue weighted by Gasteiger charge is -2.06. The highest BCUT2D eigenvalue weighted by Gasteiger charge is 2.10. The maximum Gasteiger partial charge on any atom is 0.162 e. The highest BCUT2D eigenvalue weighted by Crippen LogP contribution is 2.28. The van der Waals surface area contributed by atoms with E-state index < -0.39 is 0 Å². The molecule has 5 nitrogen and oxygen atoms in total. The summed E-state index contributed by atoms with van der Waals surface area (Å²) in [4.78, 5) is 16.5. The minimum Gasteiger partial charge on any atom is -0.383 e. The summed E-state index contributed by atoms with van der Waals surface area (Å²) in [6, 6.07) is 3.42. The molecule has 19 heavy (non-hydrogen) atoms. The van der Waals surface area contributed by atoms with Gasteiger partial charge in [0.15, 0.2) is 5.82 Å². The van der Waals surface area contributed by atoms with Crippen LogP contribution >= 0.6 is 23.2 Å². The molecule has 0 atom stereocenters. The van der Waals surface area contributed by atoms with Crippen LogP contribution in [0.4, 0.5) is 5.82 Å². The summed E-state index contributed by atoms with van der Waals surface area (Å²) >= 11 is 11.9. The molecule has 2 N–H and O–H groups in total. The van der Waals surface area contributed by atoms with Crippen molar-refractivity contribution in [2.45, 2.75) is 0 Å². The molecule has 0 amide bonds. The van der Waals surface area contributed by atoms with Crippen molar-refractivity contribution in [3.63, 3.8) is 0 Å². The van der Waals surface area contributed by atoms with Crippen LogP contribution in [0.3, 0.4) is 0 Å². The van der Waals surface area contributed by atoms with Crippen molar-refractivity contribution in [3.05, 3.63) is 40.9 Å². The number of nitrogens with zero attached hydrogens (tertiary/aromatic N) is 4. The third-order valence-corrected chi connectivity index (χ3v) is 3.07. The van der Waals surface area contributed by atoms with Crippen LogP contribution < -0.4 is 5.73 Å². The van der Waals surface area contributed by atoms with E-state index >= 15 is 0 Å². The summed E-state index contributed by atoms with van der Waals surface area (Å²) in [5.41, 5.74) is 7.24. The summed E-state index contributed by atoms with van der Waals surface area (Å²) in [7, 11) is 0. The maximum absolute atomic E-state index is 6.03. The van der Waals surface area contributed by atoms with Gasteiger partial charge in [-0.05, 0) is 12.1 Å². The van der Waals surface area contributed by atoms with E-state index in [1.807, 2.05) is 0 Å². The van der Waals surface area contributed by atoms with Crippen LogP contribution in [-0.2, 0) is 0 Å². The highest BCUT2D eigenvalue weighted by molar-refractivity contribution is 6.36. The first kappa shape index (κ1) is 12.1. The maximum atomic E-state index is 6.03. The fraction of sp³-hybridized carbons (Fsp3) is 0. The van der Waals surface area contributed by atoms with E-state index in [-0.39, 0.29) is 0 Å². The number of nitrogens with two attached hydrogens (primary N) is 1. The van der Waals surface area contributed by atoms with Gasteiger partial charge in [0.05, 0.1) is 22.1 Å². The Balaban J connectivity index is 2.27. The van der Waals surface area contributed by atoms with Gasteiger partial charge in [0, 0.05) is 18.0 Å². The lowest BCUT2D eigenvalue weighted by Crippen LogP contribution is -1.99. The number of hydrogen-bond donors (Lipinski definition) is 1. The van der Waals surface area contributed by atoms with Crippen molar-refractivity contribution >= 4 is 39.9 Å². The first-order valence-corrected chi connectivity index (χ1v) is 6.09.